The first kappa shape index (κ1) is 14.5. The number of carbonyl (C=O) groups is 1. The summed E-state index contributed by atoms with van der Waals surface area (Å²) in [4.78, 5) is 10.8. The predicted octanol–water partition coefficient (Wildman–Crippen LogP) is -2.12. The second-order valence-corrected chi connectivity index (χ2v) is 1.64. The third-order valence-electron chi connectivity index (χ3n) is 0.948. The maximum absolute atomic E-state index is 10.8. The molecule has 1 heterocycles. The Labute approximate surface area is 97.4 Å². The molecule has 62 valence electrons. The van der Waals surface area contributed by atoms with E-state index in [1.54, 1.807) is 6.92 Å². The SMILES string of the molecule is CCOC(=O)c1cc[c-]o1.[Br-].[Mg+2]. The van der Waals surface area contributed by atoms with Gasteiger partial charge in [0.05, 0.1) is 12.4 Å². The van der Waals surface area contributed by atoms with E-state index < -0.39 is 5.97 Å². The molecule has 0 aliphatic heterocycles. The molecule has 0 saturated heterocycles. The molecule has 0 unspecified atom stereocenters. The van der Waals surface area contributed by atoms with Crippen molar-refractivity contribution in [3.63, 3.8) is 0 Å². The van der Waals surface area contributed by atoms with E-state index in [9.17, 15) is 4.79 Å². The van der Waals surface area contributed by atoms with Crippen LogP contribution in [0.2, 0.25) is 0 Å². The molecule has 5 heteroatoms. The Morgan fingerprint density at radius 3 is 2.83 bits per heavy atom. The van der Waals surface area contributed by atoms with E-state index in [4.69, 9.17) is 0 Å². The topological polar surface area (TPSA) is 39.4 Å². The number of hydrogen-bond acceptors (Lipinski definition) is 3. The van der Waals surface area contributed by atoms with Crippen molar-refractivity contribution in [2.24, 2.45) is 0 Å². The summed E-state index contributed by atoms with van der Waals surface area (Å²) >= 11 is 0. The molecule has 0 aliphatic rings. The number of hydrogen-bond donors (Lipinski definition) is 0. The minimum Gasteiger partial charge on any atom is -1.00 e. The fraction of sp³-hybridized carbons (Fsp3) is 0.286. The second kappa shape index (κ2) is 7.64. The largest absolute Gasteiger partial charge is 2.00 e. The van der Waals surface area contributed by atoms with Gasteiger partial charge in [-0.3, -0.25) is 4.79 Å². The molecule has 1 aromatic rings. The van der Waals surface area contributed by atoms with Gasteiger partial charge < -0.3 is 26.1 Å². The number of halogens is 1. The average Bonchev–Trinajstić information content (AvgIpc) is 2.38. The Morgan fingerprint density at radius 1 is 1.75 bits per heavy atom. The Kier molecular flexibility index (Phi) is 9.24. The van der Waals surface area contributed by atoms with E-state index >= 15 is 0 Å². The smallest absolute Gasteiger partial charge is 1.00 e. The summed E-state index contributed by atoms with van der Waals surface area (Å²) in [6.07, 6.45) is 2.39. The van der Waals surface area contributed by atoms with E-state index in [-0.39, 0.29) is 45.8 Å². The van der Waals surface area contributed by atoms with Crippen LogP contribution < -0.4 is 17.0 Å². The molecule has 0 bridgehead atoms. The Bertz CT molecular complexity index is 210. The number of carbonyl (C=O) groups excluding carboxylic acids is 1. The molecule has 0 N–H and O–H groups in total. The number of rotatable bonds is 2. The molecule has 0 saturated carbocycles. The van der Waals surface area contributed by atoms with Crippen molar-refractivity contribution in [1.29, 1.82) is 0 Å². The van der Waals surface area contributed by atoms with Gasteiger partial charge in [-0.15, -0.1) is 6.07 Å². The molecular formula is C7H7BrMgO3. The molecule has 0 fully saturated rings. The number of ether oxygens (including phenoxy) is 1. The molecule has 1 aromatic heterocycles. The van der Waals surface area contributed by atoms with Crippen LogP contribution in [0.15, 0.2) is 16.5 Å². The quantitative estimate of drug-likeness (QED) is 0.339. The van der Waals surface area contributed by atoms with Crippen LogP contribution >= 0.6 is 0 Å². The van der Waals surface area contributed by atoms with Gasteiger partial charge >= 0.3 is 29.0 Å². The van der Waals surface area contributed by atoms with E-state index in [0.29, 0.717) is 6.61 Å². The van der Waals surface area contributed by atoms with Crippen molar-refractivity contribution in [1.82, 2.24) is 0 Å². The first-order valence-corrected chi connectivity index (χ1v) is 2.97. The van der Waals surface area contributed by atoms with Crippen LogP contribution in [0.1, 0.15) is 17.5 Å². The van der Waals surface area contributed by atoms with Crippen LogP contribution in [0.25, 0.3) is 0 Å². The normalized spacial score (nSPS) is 7.75. The molecule has 0 radical (unpaired) electrons. The Balaban J connectivity index is 0. The van der Waals surface area contributed by atoms with Gasteiger partial charge in [-0.05, 0) is 13.2 Å². The summed E-state index contributed by atoms with van der Waals surface area (Å²) < 4.78 is 9.28. The van der Waals surface area contributed by atoms with Crippen molar-refractivity contribution in [3.05, 3.63) is 24.2 Å². The summed E-state index contributed by atoms with van der Waals surface area (Å²) in [6, 6.07) is 3.03. The van der Waals surface area contributed by atoms with Crippen LogP contribution in [0.3, 0.4) is 0 Å². The van der Waals surface area contributed by atoms with E-state index in [0.717, 1.165) is 0 Å². The molecule has 0 amide bonds. The van der Waals surface area contributed by atoms with E-state index in [2.05, 4.69) is 15.4 Å². The second-order valence-electron chi connectivity index (χ2n) is 1.64. The van der Waals surface area contributed by atoms with Crippen LogP contribution in [-0.2, 0) is 4.74 Å². The fourth-order valence-electron chi connectivity index (χ4n) is 0.553. The fourth-order valence-corrected chi connectivity index (χ4v) is 0.553. The van der Waals surface area contributed by atoms with Gasteiger partial charge in [0.1, 0.15) is 0 Å². The molecule has 0 spiro atoms. The minimum atomic E-state index is -0.441. The van der Waals surface area contributed by atoms with Gasteiger partial charge in [-0.2, -0.15) is 6.07 Å². The summed E-state index contributed by atoms with van der Waals surface area (Å²) in [5, 5.41) is 0. The van der Waals surface area contributed by atoms with Gasteiger partial charge in [0, 0.05) is 0 Å². The average molecular weight is 243 g/mol. The zero-order valence-electron chi connectivity index (χ0n) is 6.67. The predicted molar refractivity (Wildman–Crippen MR) is 39.3 cm³/mol. The summed E-state index contributed by atoms with van der Waals surface area (Å²) in [6.45, 7) is 2.10. The van der Waals surface area contributed by atoms with Crippen molar-refractivity contribution >= 4 is 29.0 Å². The van der Waals surface area contributed by atoms with Crippen molar-refractivity contribution < 1.29 is 30.9 Å². The minimum absolute atomic E-state index is 0. The molecule has 0 atom stereocenters. The maximum Gasteiger partial charge on any atom is 2.00 e. The zero-order valence-corrected chi connectivity index (χ0v) is 9.67. The molecule has 0 aromatic carbocycles. The van der Waals surface area contributed by atoms with Crippen molar-refractivity contribution in [2.45, 2.75) is 6.92 Å². The van der Waals surface area contributed by atoms with Crippen LogP contribution in [0.5, 0.6) is 0 Å². The third-order valence-corrected chi connectivity index (χ3v) is 0.948. The third kappa shape index (κ3) is 4.13. The van der Waals surface area contributed by atoms with Gasteiger partial charge in [0.25, 0.3) is 0 Å². The van der Waals surface area contributed by atoms with Gasteiger partial charge in [0.15, 0.2) is 0 Å². The number of esters is 1. The summed E-state index contributed by atoms with van der Waals surface area (Å²) in [5.74, 6) is -0.245. The molecule has 1 rings (SSSR count). The van der Waals surface area contributed by atoms with Crippen molar-refractivity contribution in [2.75, 3.05) is 6.61 Å². The van der Waals surface area contributed by atoms with Gasteiger partial charge in [0.2, 0.25) is 0 Å². The molecular weight excluding hydrogens is 236 g/mol. The summed E-state index contributed by atoms with van der Waals surface area (Å²) in [5.41, 5.74) is 0. The number of furan rings is 1. The Morgan fingerprint density at radius 2 is 2.42 bits per heavy atom. The summed E-state index contributed by atoms with van der Waals surface area (Å²) in [7, 11) is 0. The standard InChI is InChI=1S/C7H7O3.BrH.Mg/c1-2-9-7(8)6-4-3-5-10-6;;/h3-4H,2H2,1H3;1H;/q-1;;+2/p-1. The van der Waals surface area contributed by atoms with E-state index in [1.165, 1.54) is 12.1 Å². The van der Waals surface area contributed by atoms with Gasteiger partial charge in [-0.1, -0.05) is 0 Å². The molecule has 0 aliphatic carbocycles. The molecule has 3 nitrogen and oxygen atoms in total. The molecule has 12 heavy (non-hydrogen) atoms. The zero-order chi connectivity index (χ0) is 7.40. The first-order valence-electron chi connectivity index (χ1n) is 2.97. The van der Waals surface area contributed by atoms with Crippen molar-refractivity contribution in [3.8, 4) is 0 Å². The monoisotopic (exact) mass is 242 g/mol. The van der Waals surface area contributed by atoms with Crippen LogP contribution in [-0.4, -0.2) is 35.6 Å². The first-order chi connectivity index (χ1) is 4.84. The van der Waals surface area contributed by atoms with Gasteiger partial charge in [-0.25, -0.2) is 0 Å². The Hall–Kier alpha value is -0.00377. The van der Waals surface area contributed by atoms with E-state index in [1.807, 2.05) is 0 Å². The van der Waals surface area contributed by atoms with Crippen LogP contribution in [0.4, 0.5) is 0 Å². The van der Waals surface area contributed by atoms with Crippen LogP contribution in [0, 0.1) is 6.26 Å². The maximum atomic E-state index is 10.8.